The van der Waals surface area contributed by atoms with Gasteiger partial charge in [-0.2, -0.15) is 5.01 Å². The number of aromatic hydroxyl groups is 1. The van der Waals surface area contributed by atoms with Gasteiger partial charge in [0.2, 0.25) is 11.8 Å². The van der Waals surface area contributed by atoms with E-state index in [0.717, 1.165) is 16.1 Å². The van der Waals surface area contributed by atoms with E-state index in [2.05, 4.69) is 10.7 Å². The average molecular weight is 578 g/mol. The Balaban J connectivity index is 1.50. The molecule has 2 saturated heterocycles. The van der Waals surface area contributed by atoms with Gasteiger partial charge in [0.15, 0.2) is 0 Å². The van der Waals surface area contributed by atoms with Crippen molar-refractivity contribution >= 4 is 29.3 Å². The third-order valence-corrected chi connectivity index (χ3v) is 9.79. The minimum absolute atomic E-state index is 0.0841. The van der Waals surface area contributed by atoms with Crippen LogP contribution in [-0.4, -0.2) is 40.9 Å². The van der Waals surface area contributed by atoms with E-state index in [1.165, 1.54) is 13.2 Å². The lowest BCUT2D eigenvalue weighted by Crippen LogP contribution is -2.53. The molecule has 6 unspecified atom stereocenters. The highest BCUT2D eigenvalue weighted by molar-refractivity contribution is 6.13. The zero-order valence-electron chi connectivity index (χ0n) is 23.7. The van der Waals surface area contributed by atoms with Crippen molar-refractivity contribution in [2.45, 2.75) is 31.1 Å². The Hall–Kier alpha value is -4.92. The van der Waals surface area contributed by atoms with E-state index in [1.807, 2.05) is 55.5 Å². The summed E-state index contributed by atoms with van der Waals surface area (Å²) in [4.78, 5) is 55.5. The lowest BCUT2D eigenvalue weighted by molar-refractivity contribution is -0.138. The SMILES string of the molecule is COc1cccc(O)c1C1C2=CCC3C(=O)NC(=O)C3C2CC2C(=O)N(Nc3ccc(C)cc3)C(=O)C21c1ccccc1. The zero-order valence-corrected chi connectivity index (χ0v) is 23.7. The van der Waals surface area contributed by atoms with Crippen LogP contribution in [0.15, 0.2) is 84.4 Å². The number of carbonyl (C=O) groups is 4. The number of amides is 4. The molecule has 3 N–H and O–H groups in total. The first kappa shape index (κ1) is 26.9. The highest BCUT2D eigenvalue weighted by atomic mass is 16.5. The number of methoxy groups -OCH3 is 1. The molecule has 43 heavy (non-hydrogen) atoms. The van der Waals surface area contributed by atoms with Crippen LogP contribution in [0.3, 0.4) is 0 Å². The summed E-state index contributed by atoms with van der Waals surface area (Å²) < 4.78 is 5.76. The minimum atomic E-state index is -1.48. The highest BCUT2D eigenvalue weighted by Gasteiger charge is 2.70. The van der Waals surface area contributed by atoms with Crippen LogP contribution in [0.2, 0.25) is 0 Å². The number of anilines is 1. The van der Waals surface area contributed by atoms with E-state index in [4.69, 9.17) is 4.74 Å². The second-order valence-corrected chi connectivity index (χ2v) is 11.8. The van der Waals surface area contributed by atoms with Gasteiger partial charge in [-0.25, -0.2) is 0 Å². The van der Waals surface area contributed by atoms with Crippen LogP contribution in [0.1, 0.15) is 35.4 Å². The number of nitrogens with zero attached hydrogens (tertiary/aromatic N) is 1. The normalized spacial score (nSPS) is 29.4. The molecule has 0 bridgehead atoms. The lowest BCUT2D eigenvalue weighted by atomic mass is 9.49. The fraction of sp³-hybridized carbons (Fsp3) is 0.294. The highest BCUT2D eigenvalue weighted by Crippen LogP contribution is 2.65. The predicted molar refractivity (Wildman–Crippen MR) is 157 cm³/mol. The Morgan fingerprint density at radius 2 is 1.67 bits per heavy atom. The van der Waals surface area contributed by atoms with Gasteiger partial charge in [0.05, 0.1) is 36.0 Å². The lowest BCUT2D eigenvalue weighted by Gasteiger charge is -2.50. The number of hydrogen-bond acceptors (Lipinski definition) is 7. The van der Waals surface area contributed by atoms with Crippen molar-refractivity contribution in [1.29, 1.82) is 0 Å². The molecule has 9 nitrogen and oxygen atoms in total. The smallest absolute Gasteiger partial charge is 0.260 e. The Kier molecular flexibility index (Phi) is 6.16. The number of benzene rings is 3. The number of carbonyl (C=O) groups excluding carboxylic acids is 4. The Labute approximate surface area is 248 Å². The summed E-state index contributed by atoms with van der Waals surface area (Å²) in [5, 5.41) is 15.0. The van der Waals surface area contributed by atoms with Crippen molar-refractivity contribution in [1.82, 2.24) is 10.3 Å². The third kappa shape index (κ3) is 3.77. The van der Waals surface area contributed by atoms with E-state index in [1.54, 1.807) is 24.3 Å². The predicted octanol–water partition coefficient (Wildman–Crippen LogP) is 3.98. The summed E-state index contributed by atoms with van der Waals surface area (Å²) in [6, 6.07) is 21.5. The van der Waals surface area contributed by atoms with Crippen molar-refractivity contribution in [2.75, 3.05) is 12.5 Å². The van der Waals surface area contributed by atoms with Crippen molar-refractivity contribution < 1.29 is 29.0 Å². The van der Waals surface area contributed by atoms with Crippen molar-refractivity contribution in [3.8, 4) is 11.5 Å². The zero-order chi connectivity index (χ0) is 30.0. The molecule has 0 radical (unpaired) electrons. The largest absolute Gasteiger partial charge is 0.508 e. The molecule has 9 heteroatoms. The van der Waals surface area contributed by atoms with Gasteiger partial charge in [-0.15, -0.1) is 0 Å². The third-order valence-electron chi connectivity index (χ3n) is 9.79. The summed E-state index contributed by atoms with van der Waals surface area (Å²) in [7, 11) is 1.49. The molecular formula is C34H31N3O6. The summed E-state index contributed by atoms with van der Waals surface area (Å²) in [5.74, 6) is -4.80. The number of rotatable bonds is 5. The molecule has 4 amide bonds. The topological polar surface area (TPSA) is 125 Å². The fourth-order valence-electron chi connectivity index (χ4n) is 7.97. The number of imide groups is 2. The Bertz CT molecular complexity index is 1700. The van der Waals surface area contributed by atoms with Gasteiger partial charge in [-0.3, -0.25) is 29.9 Å². The van der Waals surface area contributed by atoms with Crippen LogP contribution in [0.5, 0.6) is 11.5 Å². The first-order chi connectivity index (χ1) is 20.8. The second-order valence-electron chi connectivity index (χ2n) is 11.8. The molecule has 2 aliphatic carbocycles. The molecule has 4 aliphatic rings. The van der Waals surface area contributed by atoms with E-state index in [0.29, 0.717) is 29.0 Å². The van der Waals surface area contributed by atoms with Crippen molar-refractivity contribution in [3.05, 3.63) is 101 Å². The number of ether oxygens (including phenoxy) is 1. The maximum atomic E-state index is 15.0. The van der Waals surface area contributed by atoms with Gasteiger partial charge in [-0.1, -0.05) is 65.7 Å². The van der Waals surface area contributed by atoms with E-state index in [9.17, 15) is 19.5 Å². The van der Waals surface area contributed by atoms with Gasteiger partial charge in [0.25, 0.3) is 11.8 Å². The quantitative estimate of drug-likeness (QED) is 0.310. The number of aryl methyl sites for hydroxylation is 1. The van der Waals surface area contributed by atoms with Gasteiger partial charge in [0, 0.05) is 11.5 Å². The molecule has 7 rings (SSSR count). The van der Waals surface area contributed by atoms with Gasteiger partial charge < -0.3 is 9.84 Å². The second kappa shape index (κ2) is 9.83. The number of hydrogen-bond donors (Lipinski definition) is 3. The molecule has 1 saturated carbocycles. The van der Waals surface area contributed by atoms with E-state index < -0.39 is 46.8 Å². The summed E-state index contributed by atoms with van der Waals surface area (Å²) in [5.41, 5.74) is 4.94. The number of hydrazine groups is 1. The first-order valence-corrected chi connectivity index (χ1v) is 14.4. The standard InChI is InChI=1S/C34H31N3O6/c1-18-11-13-20(14-12-18)36-37-32(41)24-17-23-21(15-16-22-27(23)31(40)35-30(22)39)29(28-25(38)9-6-10-26(28)43-2)34(24,33(37)42)19-7-4-3-5-8-19/h3-15,22-24,27,29,36,38H,16-17H2,1-2H3,(H,35,39,40). The van der Waals surface area contributed by atoms with Gasteiger partial charge in [-0.05, 0) is 55.5 Å². The van der Waals surface area contributed by atoms with Crippen LogP contribution in [0.4, 0.5) is 5.69 Å². The monoisotopic (exact) mass is 577 g/mol. The molecular weight excluding hydrogens is 546 g/mol. The van der Waals surface area contributed by atoms with Crippen LogP contribution in [0.25, 0.3) is 0 Å². The molecule has 0 aromatic heterocycles. The maximum Gasteiger partial charge on any atom is 0.260 e. The number of fused-ring (bicyclic) bond motifs is 4. The van der Waals surface area contributed by atoms with Gasteiger partial charge in [0.1, 0.15) is 11.5 Å². The fourth-order valence-corrected chi connectivity index (χ4v) is 7.97. The molecule has 6 atom stereocenters. The number of phenols is 1. The minimum Gasteiger partial charge on any atom is -0.508 e. The number of phenolic OH excluding ortho intramolecular Hbond substituents is 1. The average Bonchev–Trinajstić information content (AvgIpc) is 3.42. The maximum absolute atomic E-state index is 15.0. The Morgan fingerprint density at radius 3 is 2.40 bits per heavy atom. The number of nitrogens with one attached hydrogen (secondary N) is 2. The molecule has 3 aromatic carbocycles. The molecule has 3 fully saturated rings. The van der Waals surface area contributed by atoms with Crippen LogP contribution in [0, 0.1) is 30.6 Å². The van der Waals surface area contributed by atoms with Crippen LogP contribution < -0.4 is 15.5 Å². The molecule has 3 aromatic rings. The van der Waals surface area contributed by atoms with E-state index >= 15 is 4.79 Å². The molecule has 0 spiro atoms. The summed E-state index contributed by atoms with van der Waals surface area (Å²) >= 11 is 0. The first-order valence-electron chi connectivity index (χ1n) is 14.4. The van der Waals surface area contributed by atoms with Crippen molar-refractivity contribution in [2.24, 2.45) is 23.7 Å². The molecule has 218 valence electrons. The number of allylic oxidation sites excluding steroid dienone is 2. The van der Waals surface area contributed by atoms with Gasteiger partial charge >= 0.3 is 0 Å². The molecule has 2 heterocycles. The van der Waals surface area contributed by atoms with Crippen LogP contribution >= 0.6 is 0 Å². The van der Waals surface area contributed by atoms with Crippen molar-refractivity contribution in [3.63, 3.8) is 0 Å². The summed E-state index contributed by atoms with van der Waals surface area (Å²) in [6.45, 7) is 1.95. The Morgan fingerprint density at radius 1 is 0.930 bits per heavy atom. The summed E-state index contributed by atoms with van der Waals surface area (Å²) in [6.07, 6.45) is 2.43. The molecule has 2 aliphatic heterocycles. The van der Waals surface area contributed by atoms with E-state index in [-0.39, 0.29) is 24.0 Å². The van der Waals surface area contributed by atoms with Crippen LogP contribution in [-0.2, 0) is 24.6 Å².